The van der Waals surface area contributed by atoms with Crippen molar-refractivity contribution in [1.29, 1.82) is 0 Å². The van der Waals surface area contributed by atoms with Crippen LogP contribution in [0.5, 0.6) is 0 Å². The molecule has 0 saturated carbocycles. The van der Waals surface area contributed by atoms with Gasteiger partial charge in [-0.1, -0.05) is 75.4 Å². The zero-order chi connectivity index (χ0) is 18.6. The molecule has 0 saturated heterocycles. The van der Waals surface area contributed by atoms with Crippen LogP contribution in [-0.2, 0) is 10.2 Å². The minimum absolute atomic E-state index is 0.0496. The number of nitrogens with zero attached hydrogens (tertiary/aromatic N) is 2. The Hall–Kier alpha value is -2.13. The van der Waals surface area contributed by atoms with Gasteiger partial charge in [-0.25, -0.2) is 0 Å². The van der Waals surface area contributed by atoms with Crippen molar-refractivity contribution in [2.75, 3.05) is 26.2 Å². The second-order valence-electron chi connectivity index (χ2n) is 7.91. The van der Waals surface area contributed by atoms with Crippen molar-refractivity contribution < 1.29 is 4.74 Å². The highest BCUT2D eigenvalue weighted by molar-refractivity contribution is 5.81. The maximum atomic E-state index is 6.46. The highest BCUT2D eigenvalue weighted by atomic mass is 16.5. The van der Waals surface area contributed by atoms with E-state index in [1.807, 2.05) is 0 Å². The minimum Gasteiger partial charge on any atom is -0.367 e. The van der Waals surface area contributed by atoms with Gasteiger partial charge in [0, 0.05) is 13.1 Å². The summed E-state index contributed by atoms with van der Waals surface area (Å²) in [6.07, 6.45) is -0.0496. The van der Waals surface area contributed by atoms with Crippen molar-refractivity contribution in [2.24, 2.45) is 4.99 Å². The normalized spacial score (nSPS) is 15.8. The number of amidine groups is 1. The molecule has 26 heavy (non-hydrogen) atoms. The van der Waals surface area contributed by atoms with Crippen LogP contribution in [0.4, 0.5) is 0 Å². The smallest absolute Gasteiger partial charge is 0.108 e. The molecule has 2 aromatic rings. The summed E-state index contributed by atoms with van der Waals surface area (Å²) < 4.78 is 6.46. The van der Waals surface area contributed by atoms with Gasteiger partial charge in [0.1, 0.15) is 6.10 Å². The van der Waals surface area contributed by atoms with Crippen LogP contribution in [0.2, 0.25) is 0 Å². The fourth-order valence-electron chi connectivity index (χ4n) is 3.55. The van der Waals surface area contributed by atoms with Crippen LogP contribution >= 0.6 is 0 Å². The van der Waals surface area contributed by atoms with Crippen molar-refractivity contribution in [3.63, 3.8) is 0 Å². The first-order chi connectivity index (χ1) is 12.5. The Bertz CT molecular complexity index is 746. The summed E-state index contributed by atoms with van der Waals surface area (Å²) in [7, 11) is 0. The Morgan fingerprint density at radius 2 is 1.73 bits per heavy atom. The molecule has 1 unspecified atom stereocenters. The zero-order valence-corrected chi connectivity index (χ0v) is 16.4. The van der Waals surface area contributed by atoms with Gasteiger partial charge in [-0.05, 0) is 29.0 Å². The van der Waals surface area contributed by atoms with Crippen LogP contribution in [0, 0.1) is 0 Å². The summed E-state index contributed by atoms with van der Waals surface area (Å²) in [4.78, 5) is 6.77. The van der Waals surface area contributed by atoms with Crippen LogP contribution in [-0.4, -0.2) is 37.0 Å². The van der Waals surface area contributed by atoms with E-state index in [0.29, 0.717) is 6.61 Å². The average molecular weight is 351 g/mol. The SMILES string of the molecule is CC1=NCCN1CCOC(c1ccccc1)c1ccccc1C(C)(C)C. The molecule has 0 N–H and O–H groups in total. The summed E-state index contributed by atoms with van der Waals surface area (Å²) in [6, 6.07) is 19.2. The topological polar surface area (TPSA) is 24.8 Å². The predicted molar refractivity (Wildman–Crippen MR) is 109 cm³/mol. The number of hydrogen-bond donors (Lipinski definition) is 0. The van der Waals surface area contributed by atoms with Crippen molar-refractivity contribution in [1.82, 2.24) is 4.90 Å². The molecule has 0 aliphatic carbocycles. The molecule has 3 nitrogen and oxygen atoms in total. The number of benzene rings is 2. The first-order valence-electron chi connectivity index (χ1n) is 9.49. The Morgan fingerprint density at radius 1 is 1.04 bits per heavy atom. The predicted octanol–water partition coefficient (Wildman–Crippen LogP) is 4.82. The lowest BCUT2D eigenvalue weighted by molar-refractivity contribution is 0.0709. The zero-order valence-electron chi connectivity index (χ0n) is 16.4. The highest BCUT2D eigenvalue weighted by Crippen LogP contribution is 2.34. The first-order valence-corrected chi connectivity index (χ1v) is 9.49. The third-order valence-electron chi connectivity index (χ3n) is 4.97. The molecule has 138 valence electrons. The van der Waals surface area contributed by atoms with E-state index in [2.05, 4.69) is 92.2 Å². The number of rotatable bonds is 6. The van der Waals surface area contributed by atoms with Gasteiger partial charge in [0.25, 0.3) is 0 Å². The van der Waals surface area contributed by atoms with Crippen molar-refractivity contribution >= 4 is 5.84 Å². The van der Waals surface area contributed by atoms with E-state index in [0.717, 1.165) is 25.5 Å². The van der Waals surface area contributed by atoms with Gasteiger partial charge >= 0.3 is 0 Å². The van der Waals surface area contributed by atoms with Gasteiger partial charge in [-0.2, -0.15) is 0 Å². The molecule has 1 atom stereocenters. The van der Waals surface area contributed by atoms with Crippen LogP contribution in [0.25, 0.3) is 0 Å². The van der Waals surface area contributed by atoms with Crippen LogP contribution in [0.1, 0.15) is 50.5 Å². The van der Waals surface area contributed by atoms with E-state index in [4.69, 9.17) is 4.74 Å². The minimum atomic E-state index is -0.0496. The number of ether oxygens (including phenoxy) is 1. The second kappa shape index (κ2) is 8.05. The fraction of sp³-hybridized carbons (Fsp3) is 0.435. The lowest BCUT2D eigenvalue weighted by Gasteiger charge is -2.28. The van der Waals surface area contributed by atoms with E-state index >= 15 is 0 Å². The lowest BCUT2D eigenvalue weighted by atomic mass is 9.81. The molecule has 0 aromatic heterocycles. The molecule has 1 aliphatic rings. The van der Waals surface area contributed by atoms with Crippen molar-refractivity contribution in [2.45, 2.75) is 39.2 Å². The Kier molecular flexibility index (Phi) is 5.77. The largest absolute Gasteiger partial charge is 0.367 e. The Morgan fingerprint density at radius 3 is 2.38 bits per heavy atom. The monoisotopic (exact) mass is 350 g/mol. The molecule has 0 amide bonds. The summed E-state index contributed by atoms with van der Waals surface area (Å²) in [5.41, 5.74) is 3.88. The molecule has 2 aromatic carbocycles. The van der Waals surface area contributed by atoms with E-state index in [-0.39, 0.29) is 11.5 Å². The van der Waals surface area contributed by atoms with Crippen molar-refractivity contribution in [3.8, 4) is 0 Å². The quantitative estimate of drug-likeness (QED) is 0.746. The summed E-state index contributed by atoms with van der Waals surface area (Å²) in [6.45, 7) is 12.3. The summed E-state index contributed by atoms with van der Waals surface area (Å²) >= 11 is 0. The third kappa shape index (κ3) is 4.34. The van der Waals surface area contributed by atoms with E-state index < -0.39 is 0 Å². The molecule has 0 bridgehead atoms. The van der Waals surface area contributed by atoms with Gasteiger partial charge in [0.05, 0.1) is 19.0 Å². The van der Waals surface area contributed by atoms with Gasteiger partial charge in [-0.15, -0.1) is 0 Å². The van der Waals surface area contributed by atoms with E-state index in [1.54, 1.807) is 0 Å². The molecule has 1 heterocycles. The second-order valence-corrected chi connectivity index (χ2v) is 7.91. The molecular formula is C23H30N2O. The molecule has 1 aliphatic heterocycles. The van der Waals surface area contributed by atoms with Gasteiger partial charge in [0.15, 0.2) is 0 Å². The number of hydrogen-bond acceptors (Lipinski definition) is 3. The maximum absolute atomic E-state index is 6.46. The van der Waals surface area contributed by atoms with Gasteiger partial charge in [-0.3, -0.25) is 4.99 Å². The lowest BCUT2D eigenvalue weighted by Crippen LogP contribution is -2.30. The van der Waals surface area contributed by atoms with Crippen LogP contribution in [0.3, 0.4) is 0 Å². The summed E-state index contributed by atoms with van der Waals surface area (Å²) in [5, 5.41) is 0. The van der Waals surface area contributed by atoms with Gasteiger partial charge < -0.3 is 9.64 Å². The number of aliphatic imine (C=N–C) groups is 1. The first kappa shape index (κ1) is 18.7. The molecule has 0 spiro atoms. The maximum Gasteiger partial charge on any atom is 0.108 e. The van der Waals surface area contributed by atoms with E-state index in [1.165, 1.54) is 16.7 Å². The van der Waals surface area contributed by atoms with Crippen molar-refractivity contribution in [3.05, 3.63) is 71.3 Å². The van der Waals surface area contributed by atoms with Gasteiger partial charge in [0.2, 0.25) is 0 Å². The standard InChI is InChI=1S/C23H30N2O/c1-18-24-14-15-25(18)16-17-26-22(19-10-6-5-7-11-19)20-12-8-9-13-21(20)23(2,3)4/h5-13,22H,14-17H2,1-4H3. The summed E-state index contributed by atoms with van der Waals surface area (Å²) in [5.74, 6) is 1.12. The Labute approximate surface area is 157 Å². The third-order valence-corrected chi connectivity index (χ3v) is 4.97. The van der Waals surface area contributed by atoms with Crippen LogP contribution < -0.4 is 0 Å². The molecule has 3 heteroatoms. The molecule has 0 fully saturated rings. The van der Waals surface area contributed by atoms with Crippen LogP contribution in [0.15, 0.2) is 59.6 Å². The highest BCUT2D eigenvalue weighted by Gasteiger charge is 2.24. The molecule has 0 radical (unpaired) electrons. The Balaban J connectivity index is 1.84. The average Bonchev–Trinajstić information content (AvgIpc) is 3.04. The molecule has 3 rings (SSSR count). The fourth-order valence-corrected chi connectivity index (χ4v) is 3.55. The molecular weight excluding hydrogens is 320 g/mol. The van der Waals surface area contributed by atoms with E-state index in [9.17, 15) is 0 Å².